The molecule has 0 saturated carbocycles. The van der Waals surface area contributed by atoms with E-state index in [2.05, 4.69) is 29.2 Å². The number of aromatic nitrogens is 4. The van der Waals surface area contributed by atoms with Gasteiger partial charge in [-0.25, -0.2) is 0 Å². The average molecular weight is 325 g/mol. The molecule has 1 aliphatic heterocycles. The fourth-order valence-corrected chi connectivity index (χ4v) is 3.22. The quantitative estimate of drug-likeness (QED) is 0.740. The molecule has 24 heavy (non-hydrogen) atoms. The number of rotatable bonds is 3. The second-order valence-corrected chi connectivity index (χ2v) is 6.45. The molecule has 1 aliphatic rings. The van der Waals surface area contributed by atoms with Crippen molar-refractivity contribution < 1.29 is 9.32 Å². The first kappa shape index (κ1) is 14.9. The summed E-state index contributed by atoms with van der Waals surface area (Å²) >= 11 is 0. The van der Waals surface area contributed by atoms with Gasteiger partial charge in [0.15, 0.2) is 5.65 Å². The number of likely N-dealkylation sites (tertiary alicyclic amines) is 1. The van der Waals surface area contributed by atoms with Gasteiger partial charge in [0.1, 0.15) is 17.8 Å². The topological polar surface area (TPSA) is 76.5 Å². The van der Waals surface area contributed by atoms with E-state index in [-0.39, 0.29) is 17.9 Å². The number of fused-ring (bicyclic) bond motifs is 1. The number of carbonyl (C=O) groups excluding carboxylic acids is 1. The summed E-state index contributed by atoms with van der Waals surface area (Å²) in [6.07, 6.45) is 5.28. The van der Waals surface area contributed by atoms with E-state index in [1.807, 2.05) is 23.2 Å². The van der Waals surface area contributed by atoms with Gasteiger partial charge in [-0.1, -0.05) is 19.0 Å². The number of pyridine rings is 1. The Kier molecular flexibility index (Phi) is 3.55. The van der Waals surface area contributed by atoms with E-state index < -0.39 is 0 Å². The minimum atomic E-state index is -0.0445. The van der Waals surface area contributed by atoms with E-state index in [1.165, 1.54) is 0 Å². The fraction of sp³-hybridized carbons (Fsp3) is 0.412. The summed E-state index contributed by atoms with van der Waals surface area (Å²) < 4.78 is 7.17. The number of hydrogen-bond acceptors (Lipinski definition) is 5. The van der Waals surface area contributed by atoms with Crippen molar-refractivity contribution in [2.45, 2.75) is 38.6 Å². The van der Waals surface area contributed by atoms with Crippen LogP contribution in [0.5, 0.6) is 0 Å². The second kappa shape index (κ2) is 5.74. The highest BCUT2D eigenvalue weighted by atomic mass is 16.5. The van der Waals surface area contributed by atoms with Crippen LogP contribution >= 0.6 is 0 Å². The van der Waals surface area contributed by atoms with Gasteiger partial charge >= 0.3 is 0 Å². The first-order chi connectivity index (χ1) is 11.6. The lowest BCUT2D eigenvalue weighted by Gasteiger charge is -2.23. The molecule has 0 aromatic carbocycles. The molecule has 7 nitrogen and oxygen atoms in total. The molecular formula is C17H19N5O2. The van der Waals surface area contributed by atoms with Crippen LogP contribution in [0.4, 0.5) is 0 Å². The van der Waals surface area contributed by atoms with Crippen LogP contribution in [0.2, 0.25) is 0 Å². The Morgan fingerprint density at radius 1 is 1.42 bits per heavy atom. The van der Waals surface area contributed by atoms with Crippen molar-refractivity contribution in [1.82, 2.24) is 24.7 Å². The molecule has 4 rings (SSSR count). The molecule has 0 N–H and O–H groups in total. The number of carbonyl (C=O) groups is 1. The minimum absolute atomic E-state index is 0.0369. The molecule has 1 amide bonds. The van der Waals surface area contributed by atoms with Crippen LogP contribution in [0.25, 0.3) is 5.65 Å². The Hall–Kier alpha value is -2.70. The molecule has 0 spiro atoms. The van der Waals surface area contributed by atoms with Crippen LogP contribution in [0.15, 0.2) is 35.2 Å². The van der Waals surface area contributed by atoms with E-state index in [0.29, 0.717) is 17.8 Å². The van der Waals surface area contributed by atoms with Crippen molar-refractivity contribution in [3.05, 3.63) is 47.7 Å². The maximum atomic E-state index is 13.1. The molecule has 0 bridgehead atoms. The normalized spacial score (nSPS) is 18.0. The van der Waals surface area contributed by atoms with E-state index in [0.717, 1.165) is 24.3 Å². The molecule has 1 fully saturated rings. The van der Waals surface area contributed by atoms with Crippen LogP contribution in [0.1, 0.15) is 60.5 Å². The highest BCUT2D eigenvalue weighted by molar-refractivity contribution is 6.00. The van der Waals surface area contributed by atoms with Gasteiger partial charge in [-0.2, -0.15) is 0 Å². The van der Waals surface area contributed by atoms with Gasteiger partial charge in [0, 0.05) is 24.7 Å². The van der Waals surface area contributed by atoms with Crippen LogP contribution < -0.4 is 0 Å². The molecule has 1 saturated heterocycles. The molecule has 3 aromatic heterocycles. The number of amides is 1. The molecule has 7 heteroatoms. The van der Waals surface area contributed by atoms with Gasteiger partial charge in [-0.05, 0) is 25.0 Å². The molecule has 0 unspecified atom stereocenters. The van der Waals surface area contributed by atoms with Gasteiger partial charge < -0.3 is 9.42 Å². The van der Waals surface area contributed by atoms with Crippen LogP contribution in [-0.2, 0) is 0 Å². The lowest BCUT2D eigenvalue weighted by atomic mass is 10.1. The summed E-state index contributed by atoms with van der Waals surface area (Å²) in [5, 5.41) is 12.1. The van der Waals surface area contributed by atoms with Gasteiger partial charge in [-0.15, -0.1) is 10.2 Å². The van der Waals surface area contributed by atoms with Crippen molar-refractivity contribution in [2.24, 2.45) is 0 Å². The Labute approximate surface area is 139 Å². The van der Waals surface area contributed by atoms with Crippen LogP contribution in [0, 0.1) is 0 Å². The van der Waals surface area contributed by atoms with Crippen molar-refractivity contribution >= 4 is 11.6 Å². The van der Waals surface area contributed by atoms with Crippen molar-refractivity contribution in [3.63, 3.8) is 0 Å². The summed E-state index contributed by atoms with van der Waals surface area (Å²) in [7, 11) is 0. The van der Waals surface area contributed by atoms with Gasteiger partial charge in [0.25, 0.3) is 5.91 Å². The van der Waals surface area contributed by atoms with Crippen molar-refractivity contribution in [3.8, 4) is 0 Å². The van der Waals surface area contributed by atoms with Crippen molar-refractivity contribution in [1.29, 1.82) is 0 Å². The van der Waals surface area contributed by atoms with E-state index >= 15 is 0 Å². The third-order valence-corrected chi connectivity index (χ3v) is 4.52. The third kappa shape index (κ3) is 2.36. The smallest absolute Gasteiger partial charge is 0.258 e. The lowest BCUT2D eigenvalue weighted by Crippen LogP contribution is -2.31. The predicted octanol–water partition coefficient (Wildman–Crippen LogP) is 2.82. The first-order valence-corrected chi connectivity index (χ1v) is 8.21. The maximum absolute atomic E-state index is 13.1. The Balaban J connectivity index is 1.67. The monoisotopic (exact) mass is 325 g/mol. The summed E-state index contributed by atoms with van der Waals surface area (Å²) in [6.45, 7) is 4.84. The Morgan fingerprint density at radius 2 is 2.29 bits per heavy atom. The van der Waals surface area contributed by atoms with Gasteiger partial charge in [0.2, 0.25) is 0 Å². The zero-order chi connectivity index (χ0) is 16.7. The zero-order valence-electron chi connectivity index (χ0n) is 13.7. The summed E-state index contributed by atoms with van der Waals surface area (Å²) in [5.74, 6) is 1.09. The standard InChI is InChI=1S/C17H19N5O2/c1-11(2)15-9-13(20-24-15)14-6-4-8-22(14)17(23)12-5-3-7-21-10-18-19-16(12)21/h3,5,7,9-11,14H,4,6,8H2,1-2H3/t14-/m0/s1. The van der Waals surface area contributed by atoms with Crippen molar-refractivity contribution in [2.75, 3.05) is 6.54 Å². The number of nitrogens with zero attached hydrogens (tertiary/aromatic N) is 5. The van der Waals surface area contributed by atoms with E-state index in [1.54, 1.807) is 16.8 Å². The van der Waals surface area contributed by atoms with Gasteiger partial charge in [0.05, 0.1) is 11.6 Å². The number of hydrogen-bond donors (Lipinski definition) is 0. The highest BCUT2D eigenvalue weighted by Crippen LogP contribution is 2.34. The Morgan fingerprint density at radius 3 is 3.08 bits per heavy atom. The Bertz CT molecular complexity index is 882. The first-order valence-electron chi connectivity index (χ1n) is 8.21. The molecule has 124 valence electrons. The van der Waals surface area contributed by atoms with E-state index in [9.17, 15) is 4.79 Å². The SMILES string of the molecule is CC(C)c1cc([C@@H]2CCCN2C(=O)c2cccn3cnnc23)no1. The summed E-state index contributed by atoms with van der Waals surface area (Å²) in [5.41, 5.74) is 1.98. The molecule has 0 aliphatic carbocycles. The molecule has 0 radical (unpaired) electrons. The van der Waals surface area contributed by atoms with E-state index in [4.69, 9.17) is 4.52 Å². The molecular weight excluding hydrogens is 306 g/mol. The lowest BCUT2D eigenvalue weighted by molar-refractivity contribution is 0.0732. The largest absolute Gasteiger partial charge is 0.361 e. The second-order valence-electron chi connectivity index (χ2n) is 6.45. The summed E-state index contributed by atoms with van der Waals surface area (Å²) in [4.78, 5) is 14.9. The fourth-order valence-electron chi connectivity index (χ4n) is 3.22. The average Bonchev–Trinajstić information content (AvgIpc) is 3.31. The zero-order valence-corrected chi connectivity index (χ0v) is 13.7. The minimum Gasteiger partial charge on any atom is -0.361 e. The molecule has 3 aromatic rings. The van der Waals surface area contributed by atoms with Crippen LogP contribution in [0.3, 0.4) is 0 Å². The molecule has 4 heterocycles. The third-order valence-electron chi connectivity index (χ3n) is 4.52. The predicted molar refractivity (Wildman–Crippen MR) is 86.6 cm³/mol. The highest BCUT2D eigenvalue weighted by Gasteiger charge is 2.34. The maximum Gasteiger partial charge on any atom is 0.258 e. The van der Waals surface area contributed by atoms with Gasteiger partial charge in [-0.3, -0.25) is 9.20 Å². The summed E-state index contributed by atoms with van der Waals surface area (Å²) in [6, 6.07) is 5.56. The molecule has 1 atom stereocenters. The van der Waals surface area contributed by atoms with Crippen LogP contribution in [-0.4, -0.2) is 37.1 Å².